The number of carbonyl (C=O) groups excluding carboxylic acids is 1. The van der Waals surface area contributed by atoms with Crippen molar-refractivity contribution in [2.75, 3.05) is 32.1 Å². The summed E-state index contributed by atoms with van der Waals surface area (Å²) in [6.45, 7) is 2.67. The van der Waals surface area contributed by atoms with Crippen LogP contribution in [-0.2, 0) is 16.0 Å². The first kappa shape index (κ1) is 24.1. The van der Waals surface area contributed by atoms with Crippen LogP contribution >= 0.6 is 35.0 Å². The molecule has 1 aromatic heterocycles. The molecule has 174 valence electrons. The van der Waals surface area contributed by atoms with E-state index in [-0.39, 0.29) is 5.91 Å². The van der Waals surface area contributed by atoms with Crippen molar-refractivity contribution < 1.29 is 9.53 Å². The van der Waals surface area contributed by atoms with Gasteiger partial charge in [-0.1, -0.05) is 65.3 Å². The first-order chi connectivity index (χ1) is 16.1. The molecule has 1 aliphatic rings. The minimum atomic E-state index is 0.215. The molecule has 0 atom stereocenters. The number of nitrogens with zero attached hydrogens (tertiary/aromatic N) is 4. The van der Waals surface area contributed by atoms with Crippen molar-refractivity contribution in [1.82, 2.24) is 19.7 Å². The molecule has 0 aliphatic carbocycles. The molecule has 0 saturated carbocycles. The van der Waals surface area contributed by atoms with Crippen molar-refractivity contribution in [2.24, 2.45) is 0 Å². The molecule has 2 aromatic carbocycles. The molecule has 4 rings (SSSR count). The molecule has 1 fully saturated rings. The van der Waals surface area contributed by atoms with Crippen molar-refractivity contribution in [2.45, 2.75) is 30.8 Å². The summed E-state index contributed by atoms with van der Waals surface area (Å²) in [5.41, 5.74) is 2.04. The Labute approximate surface area is 208 Å². The number of unbranched alkanes of at least 4 members (excludes halogenated alkanes) is 1. The molecular formula is C24H26Cl2N4O2S. The van der Waals surface area contributed by atoms with Gasteiger partial charge in [-0.2, -0.15) is 0 Å². The van der Waals surface area contributed by atoms with Crippen LogP contribution in [0.1, 0.15) is 30.7 Å². The monoisotopic (exact) mass is 504 g/mol. The molecule has 33 heavy (non-hydrogen) atoms. The van der Waals surface area contributed by atoms with Crippen LogP contribution in [0.5, 0.6) is 0 Å². The zero-order valence-electron chi connectivity index (χ0n) is 18.3. The number of amides is 1. The second-order valence-corrected chi connectivity index (χ2v) is 9.67. The van der Waals surface area contributed by atoms with Gasteiger partial charge in [-0.3, -0.25) is 9.36 Å². The van der Waals surface area contributed by atoms with Gasteiger partial charge in [-0.25, -0.2) is 0 Å². The van der Waals surface area contributed by atoms with Crippen molar-refractivity contribution >= 4 is 40.9 Å². The zero-order chi connectivity index (χ0) is 23.0. The number of carbonyl (C=O) groups is 1. The first-order valence-corrected chi connectivity index (χ1v) is 12.8. The van der Waals surface area contributed by atoms with E-state index in [0.717, 1.165) is 40.8 Å². The van der Waals surface area contributed by atoms with Crippen molar-refractivity contribution in [3.05, 3.63) is 70.0 Å². The SMILES string of the molecule is O=C(CCCCSc1nnc(Cc2ccccc2)n1-c1ccc(Cl)c(Cl)c1)N1CCOCC1. The molecule has 1 saturated heterocycles. The Balaban J connectivity index is 1.41. The van der Waals surface area contributed by atoms with E-state index >= 15 is 0 Å². The van der Waals surface area contributed by atoms with Gasteiger partial charge in [0.25, 0.3) is 0 Å². The summed E-state index contributed by atoms with van der Waals surface area (Å²) in [6.07, 6.45) is 2.99. The highest BCUT2D eigenvalue weighted by atomic mass is 35.5. The lowest BCUT2D eigenvalue weighted by Gasteiger charge is -2.26. The number of benzene rings is 2. The van der Waals surface area contributed by atoms with Crippen LogP contribution in [0, 0.1) is 0 Å². The molecule has 0 spiro atoms. The number of hydrogen-bond acceptors (Lipinski definition) is 5. The molecule has 3 aromatic rings. The summed E-state index contributed by atoms with van der Waals surface area (Å²) in [6, 6.07) is 15.7. The van der Waals surface area contributed by atoms with Crippen LogP contribution in [0.2, 0.25) is 10.0 Å². The van der Waals surface area contributed by atoms with Gasteiger partial charge < -0.3 is 9.64 Å². The second kappa shape index (κ2) is 11.9. The Bertz CT molecular complexity index is 1070. The lowest BCUT2D eigenvalue weighted by Crippen LogP contribution is -2.40. The van der Waals surface area contributed by atoms with Crippen LogP contribution in [-0.4, -0.2) is 57.6 Å². The number of halogens is 2. The molecule has 1 amide bonds. The Morgan fingerprint density at radius 3 is 2.55 bits per heavy atom. The number of aromatic nitrogens is 3. The molecule has 2 heterocycles. The maximum absolute atomic E-state index is 12.3. The Morgan fingerprint density at radius 1 is 1.00 bits per heavy atom. The summed E-state index contributed by atoms with van der Waals surface area (Å²) in [7, 11) is 0. The summed E-state index contributed by atoms with van der Waals surface area (Å²) in [5, 5.41) is 10.7. The third-order valence-electron chi connectivity index (χ3n) is 5.45. The quantitative estimate of drug-likeness (QED) is 0.292. The highest BCUT2D eigenvalue weighted by molar-refractivity contribution is 7.99. The van der Waals surface area contributed by atoms with Crippen molar-refractivity contribution in [3.8, 4) is 5.69 Å². The predicted octanol–water partition coefficient (Wildman–Crippen LogP) is 5.29. The first-order valence-electron chi connectivity index (χ1n) is 11.0. The smallest absolute Gasteiger partial charge is 0.222 e. The van der Waals surface area contributed by atoms with E-state index in [0.29, 0.717) is 49.2 Å². The normalized spacial score (nSPS) is 13.9. The summed E-state index contributed by atoms with van der Waals surface area (Å²) >= 11 is 14.1. The molecule has 9 heteroatoms. The summed E-state index contributed by atoms with van der Waals surface area (Å²) < 4.78 is 7.36. The van der Waals surface area contributed by atoms with Gasteiger partial charge in [0.2, 0.25) is 5.91 Å². The number of rotatable bonds is 9. The molecule has 0 N–H and O–H groups in total. The Hall–Kier alpha value is -2.06. The molecule has 0 radical (unpaired) electrons. The summed E-state index contributed by atoms with van der Waals surface area (Å²) in [4.78, 5) is 14.2. The maximum atomic E-state index is 12.3. The lowest BCUT2D eigenvalue weighted by molar-refractivity contribution is -0.135. The Kier molecular flexibility index (Phi) is 8.67. The van der Waals surface area contributed by atoms with Gasteiger partial charge >= 0.3 is 0 Å². The highest BCUT2D eigenvalue weighted by Crippen LogP contribution is 2.29. The molecule has 1 aliphatic heterocycles. The van der Waals surface area contributed by atoms with Gasteiger partial charge in [0.1, 0.15) is 5.82 Å². The minimum Gasteiger partial charge on any atom is -0.378 e. The van der Waals surface area contributed by atoms with E-state index in [9.17, 15) is 4.79 Å². The average Bonchev–Trinajstić information content (AvgIpc) is 3.24. The van der Waals surface area contributed by atoms with E-state index in [4.69, 9.17) is 27.9 Å². The summed E-state index contributed by atoms with van der Waals surface area (Å²) in [5.74, 6) is 1.90. The number of hydrogen-bond donors (Lipinski definition) is 0. The standard InChI is InChI=1S/C24H26Cl2N4O2S/c25-20-10-9-19(17-21(20)26)30-22(16-18-6-2-1-3-7-18)27-28-24(30)33-15-5-4-8-23(31)29-11-13-32-14-12-29/h1-3,6-7,9-10,17H,4-5,8,11-16H2. The second-order valence-electron chi connectivity index (χ2n) is 7.79. The fourth-order valence-corrected chi connectivity index (χ4v) is 4.94. The van der Waals surface area contributed by atoms with Gasteiger partial charge in [0.05, 0.1) is 28.9 Å². The van der Waals surface area contributed by atoms with E-state index in [1.165, 1.54) is 0 Å². The van der Waals surface area contributed by atoms with E-state index < -0.39 is 0 Å². The molecule has 0 unspecified atom stereocenters. The fourth-order valence-electron chi connectivity index (χ4n) is 3.68. The van der Waals surface area contributed by atoms with Crippen LogP contribution in [0.4, 0.5) is 0 Å². The maximum Gasteiger partial charge on any atom is 0.222 e. The molecular weight excluding hydrogens is 479 g/mol. The number of morpholine rings is 1. The van der Waals surface area contributed by atoms with Gasteiger partial charge in [0, 0.05) is 31.7 Å². The zero-order valence-corrected chi connectivity index (χ0v) is 20.6. The van der Waals surface area contributed by atoms with Crippen LogP contribution < -0.4 is 0 Å². The van der Waals surface area contributed by atoms with Gasteiger partial charge in [0.15, 0.2) is 5.16 Å². The van der Waals surface area contributed by atoms with Crippen LogP contribution in [0.15, 0.2) is 53.7 Å². The van der Waals surface area contributed by atoms with Crippen LogP contribution in [0.25, 0.3) is 5.69 Å². The molecule has 0 bridgehead atoms. The van der Waals surface area contributed by atoms with E-state index in [1.54, 1.807) is 17.8 Å². The lowest BCUT2D eigenvalue weighted by atomic mass is 10.1. The van der Waals surface area contributed by atoms with Gasteiger partial charge in [-0.15, -0.1) is 10.2 Å². The van der Waals surface area contributed by atoms with Crippen molar-refractivity contribution in [3.63, 3.8) is 0 Å². The highest BCUT2D eigenvalue weighted by Gasteiger charge is 2.18. The predicted molar refractivity (Wildman–Crippen MR) is 133 cm³/mol. The topological polar surface area (TPSA) is 60.2 Å². The van der Waals surface area contributed by atoms with Gasteiger partial charge in [-0.05, 0) is 36.6 Å². The minimum absolute atomic E-state index is 0.215. The number of thioether (sulfide) groups is 1. The van der Waals surface area contributed by atoms with E-state index in [2.05, 4.69) is 22.3 Å². The molecule has 6 nitrogen and oxygen atoms in total. The fraction of sp³-hybridized carbons (Fsp3) is 0.375. The van der Waals surface area contributed by atoms with Crippen molar-refractivity contribution in [1.29, 1.82) is 0 Å². The van der Waals surface area contributed by atoms with E-state index in [1.807, 2.05) is 39.8 Å². The largest absolute Gasteiger partial charge is 0.378 e. The third kappa shape index (κ3) is 6.51. The number of ether oxygens (including phenoxy) is 1. The average molecular weight is 505 g/mol. The Morgan fingerprint density at radius 2 is 1.79 bits per heavy atom. The van der Waals surface area contributed by atoms with Crippen LogP contribution in [0.3, 0.4) is 0 Å². The third-order valence-corrected chi connectivity index (χ3v) is 7.20.